The predicted molar refractivity (Wildman–Crippen MR) is 105 cm³/mol. The van der Waals surface area contributed by atoms with Crippen LogP contribution < -0.4 is 5.43 Å². The highest BCUT2D eigenvalue weighted by Crippen LogP contribution is 2.31. The van der Waals surface area contributed by atoms with Crippen LogP contribution in [-0.2, 0) is 0 Å². The van der Waals surface area contributed by atoms with Gasteiger partial charge in [0.05, 0.1) is 21.5 Å². The van der Waals surface area contributed by atoms with Crippen molar-refractivity contribution in [1.82, 2.24) is 4.98 Å². The summed E-state index contributed by atoms with van der Waals surface area (Å²) in [4.78, 5) is 4.45. The zero-order valence-electron chi connectivity index (χ0n) is 12.7. The molecule has 2 heterocycles. The molecule has 0 atom stereocenters. The molecule has 0 aliphatic heterocycles. The van der Waals surface area contributed by atoms with Crippen molar-refractivity contribution in [2.75, 3.05) is 5.43 Å². The molecule has 0 aliphatic rings. The van der Waals surface area contributed by atoms with Gasteiger partial charge in [-0.25, -0.2) is 4.98 Å². The van der Waals surface area contributed by atoms with Crippen LogP contribution in [0.3, 0.4) is 0 Å². The Bertz CT molecular complexity index is 1040. The van der Waals surface area contributed by atoms with E-state index < -0.39 is 0 Å². The molecule has 4 aromatic rings. The molecule has 0 fully saturated rings. The van der Waals surface area contributed by atoms with Crippen molar-refractivity contribution in [1.29, 1.82) is 0 Å². The molecule has 4 nitrogen and oxygen atoms in total. The summed E-state index contributed by atoms with van der Waals surface area (Å²) in [5.74, 6) is 1.23. The Balaban J connectivity index is 1.50. The highest BCUT2D eigenvalue weighted by Gasteiger charge is 2.09. The lowest BCUT2D eigenvalue weighted by Crippen LogP contribution is -1.88. The highest BCUT2D eigenvalue weighted by molar-refractivity contribution is 7.22. The van der Waals surface area contributed by atoms with Crippen molar-refractivity contribution in [3.05, 3.63) is 70.4 Å². The van der Waals surface area contributed by atoms with E-state index in [1.807, 2.05) is 36.4 Å². The number of anilines is 1. The average molecular weight is 388 g/mol. The minimum absolute atomic E-state index is 0.579. The number of hydrogen-bond donors (Lipinski definition) is 1. The molecule has 0 saturated carbocycles. The van der Waals surface area contributed by atoms with E-state index in [-0.39, 0.29) is 0 Å². The molecule has 1 N–H and O–H groups in total. The van der Waals surface area contributed by atoms with Crippen molar-refractivity contribution in [3.63, 3.8) is 0 Å². The number of aromatic nitrogens is 1. The quantitative estimate of drug-likeness (QED) is 0.329. The number of rotatable bonds is 4. The largest absolute Gasteiger partial charge is 0.455 e. The summed E-state index contributed by atoms with van der Waals surface area (Å²) in [6.45, 7) is 0. The molecule has 25 heavy (non-hydrogen) atoms. The Hall–Kier alpha value is -2.34. The zero-order valence-corrected chi connectivity index (χ0v) is 15.1. The first-order valence-corrected chi connectivity index (χ1v) is 8.96. The fourth-order valence-electron chi connectivity index (χ4n) is 2.32. The molecule has 7 heteroatoms. The van der Waals surface area contributed by atoms with Gasteiger partial charge in [0.1, 0.15) is 11.5 Å². The van der Waals surface area contributed by atoms with Crippen molar-refractivity contribution in [2.24, 2.45) is 5.10 Å². The molecular formula is C18H11Cl2N3OS. The van der Waals surface area contributed by atoms with E-state index in [1.54, 1.807) is 24.4 Å². The second-order valence-electron chi connectivity index (χ2n) is 5.18. The van der Waals surface area contributed by atoms with E-state index in [2.05, 4.69) is 15.5 Å². The third-order valence-corrected chi connectivity index (χ3v) is 4.97. The second-order valence-corrected chi connectivity index (χ2v) is 7.06. The smallest absolute Gasteiger partial charge is 0.204 e. The Kier molecular flexibility index (Phi) is 4.44. The number of hydrazone groups is 1. The summed E-state index contributed by atoms with van der Waals surface area (Å²) in [6.07, 6.45) is 1.59. The molecule has 4 rings (SSSR count). The molecule has 2 aromatic carbocycles. The summed E-state index contributed by atoms with van der Waals surface area (Å²) in [5, 5.41) is 6.08. The first-order valence-electron chi connectivity index (χ1n) is 7.39. The van der Waals surface area contributed by atoms with E-state index >= 15 is 0 Å². The van der Waals surface area contributed by atoms with Crippen LogP contribution >= 0.6 is 34.5 Å². The van der Waals surface area contributed by atoms with E-state index in [4.69, 9.17) is 27.6 Å². The molecule has 0 spiro atoms. The van der Waals surface area contributed by atoms with Crippen LogP contribution in [0.4, 0.5) is 5.13 Å². The van der Waals surface area contributed by atoms with E-state index in [0.29, 0.717) is 21.6 Å². The van der Waals surface area contributed by atoms with Gasteiger partial charge in [-0.15, -0.1) is 0 Å². The highest BCUT2D eigenvalue weighted by atomic mass is 35.5. The number of furan rings is 1. The summed E-state index contributed by atoms with van der Waals surface area (Å²) in [7, 11) is 0. The SMILES string of the molecule is Clc1ccc(Cl)c(-c2ccc(/C=N/Nc3nc4ccccc4s3)o2)c1. The van der Waals surface area contributed by atoms with Crippen LogP contribution in [0.15, 0.2) is 64.1 Å². The fourth-order valence-corrected chi connectivity index (χ4v) is 3.52. The molecular weight excluding hydrogens is 377 g/mol. The monoisotopic (exact) mass is 387 g/mol. The number of hydrogen-bond acceptors (Lipinski definition) is 5. The maximum Gasteiger partial charge on any atom is 0.204 e. The normalized spacial score (nSPS) is 11.4. The molecule has 0 radical (unpaired) electrons. The average Bonchev–Trinajstić information content (AvgIpc) is 3.23. The van der Waals surface area contributed by atoms with Crippen LogP contribution in [0.25, 0.3) is 21.5 Å². The summed E-state index contributed by atoms with van der Waals surface area (Å²) >= 11 is 13.7. The number of halogens is 2. The van der Waals surface area contributed by atoms with Crippen LogP contribution in [0.2, 0.25) is 10.0 Å². The lowest BCUT2D eigenvalue weighted by molar-refractivity contribution is 0.575. The van der Waals surface area contributed by atoms with Gasteiger partial charge in [-0.05, 0) is 42.5 Å². The van der Waals surface area contributed by atoms with Gasteiger partial charge in [-0.2, -0.15) is 5.10 Å². The minimum Gasteiger partial charge on any atom is -0.455 e. The van der Waals surface area contributed by atoms with Crippen molar-refractivity contribution < 1.29 is 4.42 Å². The van der Waals surface area contributed by atoms with Gasteiger partial charge in [0.2, 0.25) is 5.13 Å². The standard InChI is InChI=1S/C18H11Cl2N3OS/c19-11-5-7-14(20)13(9-11)16-8-6-12(24-16)10-21-23-18-22-15-3-1-2-4-17(15)25-18/h1-10H,(H,22,23)/b21-10+. The zero-order chi connectivity index (χ0) is 17.2. The number of benzene rings is 2. The van der Waals surface area contributed by atoms with Crippen molar-refractivity contribution in [2.45, 2.75) is 0 Å². The van der Waals surface area contributed by atoms with Crippen molar-refractivity contribution >= 4 is 56.1 Å². The van der Waals surface area contributed by atoms with Gasteiger partial charge in [0.15, 0.2) is 0 Å². The molecule has 0 aliphatic carbocycles. The van der Waals surface area contributed by atoms with Gasteiger partial charge in [-0.3, -0.25) is 5.43 Å². The number of nitrogens with one attached hydrogen (secondary N) is 1. The Labute approximate surface area is 157 Å². The van der Waals surface area contributed by atoms with Gasteiger partial charge >= 0.3 is 0 Å². The fraction of sp³-hybridized carbons (Fsp3) is 0. The predicted octanol–water partition coefficient (Wildman–Crippen LogP) is 6.31. The van der Waals surface area contributed by atoms with Gasteiger partial charge in [-0.1, -0.05) is 46.7 Å². The van der Waals surface area contributed by atoms with Crippen LogP contribution in [-0.4, -0.2) is 11.2 Å². The minimum atomic E-state index is 0.579. The summed E-state index contributed by atoms with van der Waals surface area (Å²) in [5.41, 5.74) is 4.61. The third-order valence-electron chi connectivity index (χ3n) is 3.47. The number of thiazole rings is 1. The lowest BCUT2D eigenvalue weighted by Gasteiger charge is -2.00. The Morgan fingerprint density at radius 2 is 1.96 bits per heavy atom. The number of para-hydroxylation sites is 1. The summed E-state index contributed by atoms with van der Waals surface area (Å²) < 4.78 is 6.86. The maximum atomic E-state index is 6.19. The molecule has 0 bridgehead atoms. The molecule has 0 saturated heterocycles. The maximum absolute atomic E-state index is 6.19. The topological polar surface area (TPSA) is 50.4 Å². The first kappa shape index (κ1) is 16.1. The lowest BCUT2D eigenvalue weighted by atomic mass is 10.2. The van der Waals surface area contributed by atoms with Crippen LogP contribution in [0.5, 0.6) is 0 Å². The third kappa shape index (κ3) is 3.54. The molecule has 0 unspecified atom stereocenters. The van der Waals surface area contributed by atoms with Gasteiger partial charge in [0.25, 0.3) is 0 Å². The second kappa shape index (κ2) is 6.88. The molecule has 0 amide bonds. The van der Waals surface area contributed by atoms with Gasteiger partial charge < -0.3 is 4.42 Å². The van der Waals surface area contributed by atoms with Gasteiger partial charge in [0, 0.05) is 10.6 Å². The number of fused-ring (bicyclic) bond motifs is 1. The van der Waals surface area contributed by atoms with Crippen molar-refractivity contribution in [3.8, 4) is 11.3 Å². The number of nitrogens with zero attached hydrogens (tertiary/aromatic N) is 2. The molecule has 2 aromatic heterocycles. The Morgan fingerprint density at radius 3 is 2.84 bits per heavy atom. The first-order chi connectivity index (χ1) is 12.2. The summed E-state index contributed by atoms with van der Waals surface area (Å²) in [6, 6.07) is 16.8. The van der Waals surface area contributed by atoms with E-state index in [9.17, 15) is 0 Å². The molecule has 124 valence electrons. The van der Waals surface area contributed by atoms with Crippen LogP contribution in [0, 0.1) is 0 Å². The Morgan fingerprint density at radius 1 is 1.08 bits per heavy atom. The van der Waals surface area contributed by atoms with E-state index in [1.165, 1.54) is 11.3 Å². The van der Waals surface area contributed by atoms with Crippen LogP contribution in [0.1, 0.15) is 5.76 Å². The van der Waals surface area contributed by atoms with E-state index in [0.717, 1.165) is 20.9 Å².